The molecule has 0 spiro atoms. The van der Waals surface area contributed by atoms with E-state index in [-0.39, 0.29) is 17.0 Å². The Labute approximate surface area is 116 Å². The third-order valence-electron chi connectivity index (χ3n) is 2.83. The van der Waals surface area contributed by atoms with Gasteiger partial charge >= 0.3 is 0 Å². The third kappa shape index (κ3) is 2.53. The molecular weight excluding hydrogens is 261 g/mol. The van der Waals surface area contributed by atoms with Crippen molar-refractivity contribution in [2.45, 2.75) is 26.4 Å². The SMILES string of the molecule is CCOC(C)(C)c1noc(-c2cccc(F)c2C#N)n1. The van der Waals surface area contributed by atoms with Gasteiger partial charge in [-0.25, -0.2) is 4.39 Å². The summed E-state index contributed by atoms with van der Waals surface area (Å²) >= 11 is 0. The highest BCUT2D eigenvalue weighted by Crippen LogP contribution is 2.27. The van der Waals surface area contributed by atoms with Crippen LogP contribution in [0.4, 0.5) is 4.39 Å². The summed E-state index contributed by atoms with van der Waals surface area (Å²) in [5.74, 6) is -0.167. The zero-order valence-corrected chi connectivity index (χ0v) is 11.5. The van der Waals surface area contributed by atoms with Gasteiger partial charge in [-0.15, -0.1) is 0 Å². The maximum absolute atomic E-state index is 13.6. The molecule has 0 bridgehead atoms. The van der Waals surface area contributed by atoms with Crippen LogP contribution in [0.5, 0.6) is 0 Å². The first-order valence-corrected chi connectivity index (χ1v) is 6.16. The van der Waals surface area contributed by atoms with Crippen molar-refractivity contribution in [3.63, 3.8) is 0 Å². The average Bonchev–Trinajstić information content (AvgIpc) is 2.88. The lowest BCUT2D eigenvalue weighted by Crippen LogP contribution is -2.23. The number of nitrogens with zero attached hydrogens (tertiary/aromatic N) is 3. The predicted octanol–water partition coefficient (Wildman–Crippen LogP) is 3.02. The second kappa shape index (κ2) is 5.39. The largest absolute Gasteiger partial charge is 0.368 e. The summed E-state index contributed by atoms with van der Waals surface area (Å²) in [5.41, 5.74) is -0.549. The Balaban J connectivity index is 2.45. The van der Waals surface area contributed by atoms with E-state index < -0.39 is 11.4 Å². The highest BCUT2D eigenvalue weighted by atomic mass is 19.1. The zero-order chi connectivity index (χ0) is 14.8. The molecule has 0 fully saturated rings. The molecule has 0 aliphatic carbocycles. The van der Waals surface area contributed by atoms with Gasteiger partial charge in [0, 0.05) is 6.61 Å². The topological polar surface area (TPSA) is 71.9 Å². The molecule has 0 aliphatic rings. The van der Waals surface area contributed by atoms with E-state index in [4.69, 9.17) is 14.5 Å². The molecule has 6 heteroatoms. The van der Waals surface area contributed by atoms with Gasteiger partial charge in [-0.2, -0.15) is 10.2 Å². The third-order valence-corrected chi connectivity index (χ3v) is 2.83. The van der Waals surface area contributed by atoms with Crippen molar-refractivity contribution in [2.24, 2.45) is 0 Å². The highest BCUT2D eigenvalue weighted by Gasteiger charge is 2.28. The number of ether oxygens (including phenoxy) is 1. The summed E-state index contributed by atoms with van der Waals surface area (Å²) in [5, 5.41) is 12.9. The van der Waals surface area contributed by atoms with Crippen LogP contribution in [0.1, 0.15) is 32.2 Å². The lowest BCUT2D eigenvalue weighted by molar-refractivity contribution is -0.0221. The van der Waals surface area contributed by atoms with Crippen LogP contribution in [-0.4, -0.2) is 16.7 Å². The number of hydrogen-bond acceptors (Lipinski definition) is 5. The van der Waals surface area contributed by atoms with Crippen LogP contribution in [0.2, 0.25) is 0 Å². The van der Waals surface area contributed by atoms with Gasteiger partial charge in [-0.3, -0.25) is 0 Å². The van der Waals surface area contributed by atoms with Crippen LogP contribution >= 0.6 is 0 Å². The number of rotatable bonds is 4. The van der Waals surface area contributed by atoms with Crippen LogP contribution in [0.3, 0.4) is 0 Å². The lowest BCUT2D eigenvalue weighted by atomic mass is 10.1. The van der Waals surface area contributed by atoms with E-state index in [0.29, 0.717) is 12.4 Å². The number of nitriles is 1. The van der Waals surface area contributed by atoms with Crippen LogP contribution in [0.15, 0.2) is 22.7 Å². The fourth-order valence-corrected chi connectivity index (χ4v) is 1.82. The normalized spacial score (nSPS) is 11.3. The Morgan fingerprint density at radius 2 is 2.20 bits per heavy atom. The molecule has 0 saturated heterocycles. The van der Waals surface area contributed by atoms with Gasteiger partial charge < -0.3 is 9.26 Å². The van der Waals surface area contributed by atoms with Crippen molar-refractivity contribution >= 4 is 0 Å². The maximum atomic E-state index is 13.6. The molecule has 0 radical (unpaired) electrons. The maximum Gasteiger partial charge on any atom is 0.259 e. The molecule has 1 heterocycles. The Morgan fingerprint density at radius 3 is 2.85 bits per heavy atom. The van der Waals surface area contributed by atoms with E-state index in [1.807, 2.05) is 20.8 Å². The van der Waals surface area contributed by atoms with Gasteiger partial charge in [0.05, 0.1) is 5.56 Å². The van der Waals surface area contributed by atoms with Crippen molar-refractivity contribution in [3.05, 3.63) is 35.4 Å². The van der Waals surface area contributed by atoms with Crippen LogP contribution in [-0.2, 0) is 10.3 Å². The molecule has 2 rings (SSSR count). The van der Waals surface area contributed by atoms with Gasteiger partial charge in [0.1, 0.15) is 23.1 Å². The second-order valence-electron chi connectivity index (χ2n) is 4.64. The number of aromatic nitrogens is 2. The Kier molecular flexibility index (Phi) is 3.81. The monoisotopic (exact) mass is 275 g/mol. The van der Waals surface area contributed by atoms with E-state index in [2.05, 4.69) is 10.1 Å². The van der Waals surface area contributed by atoms with Crippen LogP contribution < -0.4 is 0 Å². The molecule has 1 aromatic heterocycles. The van der Waals surface area contributed by atoms with Crippen molar-refractivity contribution in [3.8, 4) is 17.5 Å². The number of halogens is 1. The fraction of sp³-hybridized carbons (Fsp3) is 0.357. The predicted molar refractivity (Wildman–Crippen MR) is 69.1 cm³/mol. The molecule has 0 aliphatic heterocycles. The number of benzene rings is 1. The summed E-state index contributed by atoms with van der Waals surface area (Å²) in [6.45, 7) is 5.98. The summed E-state index contributed by atoms with van der Waals surface area (Å²) in [7, 11) is 0. The smallest absolute Gasteiger partial charge is 0.259 e. The van der Waals surface area contributed by atoms with E-state index in [1.165, 1.54) is 12.1 Å². The van der Waals surface area contributed by atoms with Gasteiger partial charge in [0.15, 0.2) is 0 Å². The first kappa shape index (κ1) is 14.2. The van der Waals surface area contributed by atoms with Gasteiger partial charge in [-0.1, -0.05) is 11.2 Å². The lowest BCUT2D eigenvalue weighted by Gasteiger charge is -2.19. The molecule has 1 aromatic carbocycles. The Bertz CT molecular complexity index is 659. The minimum atomic E-state index is -0.712. The molecule has 0 atom stereocenters. The quantitative estimate of drug-likeness (QED) is 0.857. The molecule has 0 amide bonds. The molecule has 0 saturated carbocycles. The minimum absolute atomic E-state index is 0.101. The summed E-state index contributed by atoms with van der Waals surface area (Å²) in [6, 6.07) is 6.06. The summed E-state index contributed by atoms with van der Waals surface area (Å²) in [4.78, 5) is 4.20. The highest BCUT2D eigenvalue weighted by molar-refractivity contribution is 5.63. The van der Waals surface area contributed by atoms with Crippen molar-refractivity contribution in [2.75, 3.05) is 6.61 Å². The molecule has 20 heavy (non-hydrogen) atoms. The minimum Gasteiger partial charge on any atom is -0.368 e. The Morgan fingerprint density at radius 1 is 1.45 bits per heavy atom. The average molecular weight is 275 g/mol. The first-order valence-electron chi connectivity index (χ1n) is 6.16. The summed E-state index contributed by atoms with van der Waals surface area (Å²) in [6.07, 6.45) is 0. The first-order chi connectivity index (χ1) is 9.49. The van der Waals surface area contributed by atoms with E-state index >= 15 is 0 Å². The van der Waals surface area contributed by atoms with Gasteiger partial charge in [-0.05, 0) is 32.9 Å². The van der Waals surface area contributed by atoms with Crippen molar-refractivity contribution < 1.29 is 13.7 Å². The molecule has 2 aromatic rings. The molecular formula is C14H14FN3O2. The zero-order valence-electron chi connectivity index (χ0n) is 11.5. The Hall–Kier alpha value is -2.26. The van der Waals surface area contributed by atoms with E-state index in [0.717, 1.165) is 0 Å². The van der Waals surface area contributed by atoms with Crippen LogP contribution in [0, 0.1) is 17.1 Å². The fourth-order valence-electron chi connectivity index (χ4n) is 1.82. The van der Waals surface area contributed by atoms with E-state index in [1.54, 1.807) is 12.1 Å². The van der Waals surface area contributed by atoms with Gasteiger partial charge in [0.2, 0.25) is 5.82 Å². The molecule has 0 unspecified atom stereocenters. The van der Waals surface area contributed by atoms with E-state index in [9.17, 15) is 4.39 Å². The van der Waals surface area contributed by atoms with Crippen LogP contribution in [0.25, 0.3) is 11.5 Å². The molecule has 0 N–H and O–H groups in total. The van der Waals surface area contributed by atoms with Gasteiger partial charge in [0.25, 0.3) is 5.89 Å². The van der Waals surface area contributed by atoms with Crippen molar-refractivity contribution in [1.82, 2.24) is 10.1 Å². The molecule has 5 nitrogen and oxygen atoms in total. The number of hydrogen-bond donors (Lipinski definition) is 0. The van der Waals surface area contributed by atoms with Crippen molar-refractivity contribution in [1.29, 1.82) is 5.26 Å². The second-order valence-corrected chi connectivity index (χ2v) is 4.64. The summed E-state index contributed by atoms with van der Waals surface area (Å²) < 4.78 is 24.2. The standard InChI is InChI=1S/C14H14FN3O2/c1-4-19-14(2,3)13-17-12(20-18-13)9-6-5-7-11(15)10(9)8-16/h5-7H,4H2,1-3H3. The molecule has 104 valence electrons.